The number of unbranched alkanes of at least 4 members (excludes halogenated alkanes) is 1. The second kappa shape index (κ2) is 22.0. The van der Waals surface area contributed by atoms with Crippen LogP contribution in [-0.4, -0.2) is 47.9 Å². The summed E-state index contributed by atoms with van der Waals surface area (Å²) in [6.45, 7) is 9.87. The first-order valence-corrected chi connectivity index (χ1v) is 21.0. The molecule has 284 valence electrons. The van der Waals surface area contributed by atoms with E-state index >= 15 is 0 Å². The molecule has 5 rings (SSSR count). The molecule has 0 N–H and O–H groups in total. The molecule has 0 fully saturated rings. The molecule has 2 heterocycles. The van der Waals surface area contributed by atoms with Crippen LogP contribution in [0.4, 0.5) is 11.4 Å². The van der Waals surface area contributed by atoms with Gasteiger partial charge in [-0.05, 0) is 85.5 Å². The van der Waals surface area contributed by atoms with Crippen molar-refractivity contribution in [2.45, 2.75) is 62.7 Å². The van der Waals surface area contributed by atoms with Crippen molar-refractivity contribution >= 4 is 78.0 Å². The molecule has 0 aromatic heterocycles. The monoisotopic (exact) mass is 890 g/mol. The first-order valence-electron chi connectivity index (χ1n) is 17.0. The minimum absolute atomic E-state index is 0. The Hall–Kier alpha value is -0.800. The molecule has 3 aromatic carbocycles. The topological polar surface area (TPSA) is 146 Å². The molecule has 11 nitrogen and oxygen atoms in total. The van der Waals surface area contributed by atoms with E-state index in [-0.39, 0.29) is 76.4 Å². The average molecular weight is 892 g/mol. The van der Waals surface area contributed by atoms with Crippen molar-refractivity contribution in [3.63, 3.8) is 0 Å². The standard InChI is InChI=1S/C38H43BrN2O9S3.2Na/c1-37(2)31-26-28(39)16-20-32(31)40(22-12-24-53(44,45)46)34(37)13-8-6-5-7-9-14-35-38(3,4)36-30-18-17-29(52-50-48-43)25-27(30)15-19-33(36)41(35)21-10-11-23-51-49-47-42;;/h5-9,13-20,25-26H,10-12,21-24H2,1-4H3,(H2-,42,43,44,45,46);;/q;2*+1/p-2. The fourth-order valence-electron chi connectivity index (χ4n) is 7.18. The van der Waals surface area contributed by atoms with Crippen LogP contribution in [0, 0.1) is 0 Å². The molecular formula is C38H41BrN2Na2O9S3. The van der Waals surface area contributed by atoms with Crippen molar-refractivity contribution in [1.82, 2.24) is 0 Å². The molecule has 0 aliphatic carbocycles. The van der Waals surface area contributed by atoms with Crippen LogP contribution in [0.5, 0.6) is 0 Å². The van der Waals surface area contributed by atoms with E-state index in [4.69, 9.17) is 0 Å². The van der Waals surface area contributed by atoms with Crippen LogP contribution in [0.15, 0.2) is 106 Å². The summed E-state index contributed by atoms with van der Waals surface area (Å²) in [5.41, 5.74) is 5.90. The van der Waals surface area contributed by atoms with Gasteiger partial charge in [-0.2, -0.15) is 13.2 Å². The first kappa shape index (κ1) is 48.6. The number of hydrogen-bond acceptors (Lipinski definition) is 12. The smallest absolute Gasteiger partial charge is 0.748 e. The van der Waals surface area contributed by atoms with Crippen LogP contribution in [0.1, 0.15) is 58.1 Å². The summed E-state index contributed by atoms with van der Waals surface area (Å²) in [4.78, 5) is 2.85. The Bertz CT molecular complexity index is 2070. The third kappa shape index (κ3) is 12.1. The Morgan fingerprint density at radius 1 is 0.873 bits per heavy atom. The summed E-state index contributed by atoms with van der Waals surface area (Å²) in [6, 6.07) is 16.2. The van der Waals surface area contributed by atoms with Crippen molar-refractivity contribution in [2.75, 3.05) is 29.5 Å². The summed E-state index contributed by atoms with van der Waals surface area (Å²) in [7, 11) is -4.31. The number of hydrogen-bond donors (Lipinski definition) is 0. The molecular weight excluding hydrogens is 851 g/mol. The van der Waals surface area contributed by atoms with Crippen molar-refractivity contribution in [3.05, 3.63) is 112 Å². The van der Waals surface area contributed by atoms with Gasteiger partial charge in [0.15, 0.2) is 5.71 Å². The van der Waals surface area contributed by atoms with Gasteiger partial charge in [0.1, 0.15) is 6.54 Å². The van der Waals surface area contributed by atoms with E-state index in [1.807, 2.05) is 66.8 Å². The van der Waals surface area contributed by atoms with E-state index in [0.717, 1.165) is 92.0 Å². The van der Waals surface area contributed by atoms with Crippen LogP contribution >= 0.6 is 40.0 Å². The molecule has 0 saturated heterocycles. The fourth-order valence-corrected chi connectivity index (χ4v) is 8.85. The summed E-state index contributed by atoms with van der Waals surface area (Å²) in [6.07, 6.45) is 16.0. The number of nitrogens with zero attached hydrogens (tertiary/aromatic N) is 2. The van der Waals surface area contributed by atoms with Crippen molar-refractivity contribution in [3.8, 4) is 0 Å². The zero-order valence-corrected chi connectivity index (χ0v) is 39.8. The van der Waals surface area contributed by atoms with Gasteiger partial charge in [-0.3, -0.25) is 10.1 Å². The number of allylic oxidation sites excluding steroid dienone is 8. The molecule has 2 aliphatic rings. The van der Waals surface area contributed by atoms with Gasteiger partial charge in [0.25, 0.3) is 0 Å². The number of fused-ring (bicyclic) bond motifs is 4. The molecule has 0 spiro atoms. The van der Waals surface area contributed by atoms with Crippen molar-refractivity contribution in [2.24, 2.45) is 0 Å². The van der Waals surface area contributed by atoms with Crippen LogP contribution in [0.2, 0.25) is 0 Å². The van der Waals surface area contributed by atoms with Crippen LogP contribution < -0.4 is 74.5 Å². The Labute approximate surface area is 384 Å². The normalized spacial score (nSPS) is 16.8. The third-order valence-electron chi connectivity index (χ3n) is 9.49. The minimum atomic E-state index is -4.31. The predicted octanol–water partition coefficient (Wildman–Crippen LogP) is 1.15. The molecule has 2 aliphatic heterocycles. The first-order chi connectivity index (χ1) is 25.3. The van der Waals surface area contributed by atoms with E-state index in [9.17, 15) is 23.5 Å². The van der Waals surface area contributed by atoms with Gasteiger partial charge in [-0.1, -0.05) is 66.2 Å². The second-order valence-electron chi connectivity index (χ2n) is 13.6. The summed E-state index contributed by atoms with van der Waals surface area (Å²) >= 11 is 5.44. The largest absolute Gasteiger partial charge is 1.00 e. The van der Waals surface area contributed by atoms with Gasteiger partial charge < -0.3 is 20.0 Å². The van der Waals surface area contributed by atoms with E-state index in [0.29, 0.717) is 12.3 Å². The van der Waals surface area contributed by atoms with Crippen LogP contribution in [0.25, 0.3) is 10.8 Å². The van der Waals surface area contributed by atoms with Crippen molar-refractivity contribution < 1.29 is 106 Å². The zero-order valence-electron chi connectivity index (χ0n) is 31.8. The Balaban J connectivity index is 0.00000406. The van der Waals surface area contributed by atoms with Gasteiger partial charge in [0.2, 0.25) is 5.69 Å². The van der Waals surface area contributed by atoms with Gasteiger partial charge >= 0.3 is 59.1 Å². The maximum Gasteiger partial charge on any atom is 1.00 e. The van der Waals surface area contributed by atoms with Gasteiger partial charge in [-0.25, -0.2) is 8.42 Å². The Morgan fingerprint density at radius 3 is 2.33 bits per heavy atom. The van der Waals surface area contributed by atoms with Gasteiger partial charge in [-0.15, -0.1) is 0 Å². The molecule has 0 saturated carbocycles. The molecule has 0 amide bonds. The quantitative estimate of drug-likeness (QED) is 0.0264. The number of benzene rings is 3. The summed E-state index contributed by atoms with van der Waals surface area (Å²) in [5, 5.41) is 29.6. The van der Waals surface area contributed by atoms with E-state index in [1.165, 1.54) is 5.56 Å². The van der Waals surface area contributed by atoms with Crippen LogP contribution in [-0.2, 0) is 39.7 Å². The summed E-state index contributed by atoms with van der Waals surface area (Å²) < 4.78 is 46.2. The maximum atomic E-state index is 11.3. The zero-order chi connectivity index (χ0) is 38.2. The average Bonchev–Trinajstić information content (AvgIpc) is 3.45. The van der Waals surface area contributed by atoms with Gasteiger partial charge in [0.05, 0.1) is 27.6 Å². The molecule has 0 atom stereocenters. The summed E-state index contributed by atoms with van der Waals surface area (Å²) in [5.74, 6) is 0.208. The number of rotatable bonds is 18. The molecule has 3 aromatic rings. The molecule has 0 radical (unpaired) electrons. The van der Waals surface area contributed by atoms with E-state index in [1.54, 1.807) is 0 Å². The molecule has 17 heteroatoms. The molecule has 0 bridgehead atoms. The Morgan fingerprint density at radius 2 is 1.60 bits per heavy atom. The number of anilines is 1. The predicted molar refractivity (Wildman–Crippen MR) is 208 cm³/mol. The minimum Gasteiger partial charge on any atom is -0.748 e. The van der Waals surface area contributed by atoms with Crippen LogP contribution in [0.3, 0.4) is 0 Å². The Kier molecular flexibility index (Phi) is 19.4. The fraction of sp³-hybridized carbons (Fsp3) is 0.342. The maximum absolute atomic E-state index is 11.3. The number of halogens is 1. The SMILES string of the molecule is CC1(C)C(/C=C/C=C/C=C/C=C2/N(CCCS(=O)(=O)[O-])c3ccc(Br)cc3C2(C)C)=[N+](CCCCSOO[O-])c2ccc3cc(SOO[O-])ccc3c21.[Na+].[Na+]. The molecule has 55 heavy (non-hydrogen) atoms. The second-order valence-corrected chi connectivity index (χ2v) is 17.6. The van der Waals surface area contributed by atoms with Crippen molar-refractivity contribution in [1.29, 1.82) is 0 Å². The van der Waals surface area contributed by atoms with Gasteiger partial charge in [0, 0.05) is 80.4 Å². The molecule has 0 unspecified atom stereocenters. The van der Waals surface area contributed by atoms with E-state index < -0.39 is 15.9 Å². The van der Waals surface area contributed by atoms with E-state index in [2.05, 4.69) is 96.1 Å². The third-order valence-corrected chi connectivity index (χ3v) is 12.0.